The van der Waals surface area contributed by atoms with Gasteiger partial charge in [0, 0.05) is 13.0 Å². The molecule has 1 fully saturated rings. The van der Waals surface area contributed by atoms with E-state index in [0.29, 0.717) is 18.7 Å². The fraction of sp³-hybridized carbons (Fsp3) is 0.600. The van der Waals surface area contributed by atoms with Crippen LogP contribution in [-0.4, -0.2) is 22.8 Å². The maximum absolute atomic E-state index is 9.85. The van der Waals surface area contributed by atoms with E-state index in [-0.39, 0.29) is 0 Å². The van der Waals surface area contributed by atoms with E-state index < -0.39 is 0 Å². The van der Waals surface area contributed by atoms with Gasteiger partial charge in [-0.25, -0.2) is 4.79 Å². The van der Waals surface area contributed by atoms with E-state index in [1.165, 1.54) is 0 Å². The number of rotatable bonds is 0. The van der Waals surface area contributed by atoms with Crippen LogP contribution < -0.4 is 0 Å². The van der Waals surface area contributed by atoms with Crippen molar-refractivity contribution in [1.82, 2.24) is 5.06 Å². The van der Waals surface area contributed by atoms with Crippen LogP contribution in [0.25, 0.3) is 0 Å². The minimum Gasteiger partial charge on any atom is -0.288 e. The van der Waals surface area contributed by atoms with Gasteiger partial charge in [-0.15, -0.1) is 0 Å². The molecule has 1 N–H and O–H groups in total. The smallest absolute Gasteiger partial charge is 0.148 e. The molecule has 0 spiro atoms. The summed E-state index contributed by atoms with van der Waals surface area (Å²) in [6.07, 6.45) is 1.53. The molecule has 0 aromatic heterocycles. The van der Waals surface area contributed by atoms with Crippen molar-refractivity contribution in [3.63, 3.8) is 0 Å². The molecule has 1 saturated heterocycles. The van der Waals surface area contributed by atoms with Crippen molar-refractivity contribution < 1.29 is 10.0 Å². The summed E-state index contributed by atoms with van der Waals surface area (Å²) in [5.74, 6) is 1.66. The number of hydrogen-bond acceptors (Lipinski definition) is 3. The molecule has 0 aromatic rings. The van der Waals surface area contributed by atoms with Crippen LogP contribution >= 0.6 is 0 Å². The normalized spacial score (nSPS) is 19.1. The molecule has 44 valence electrons. The first kappa shape index (κ1) is 5.35. The van der Waals surface area contributed by atoms with Crippen LogP contribution in [0.5, 0.6) is 0 Å². The molecule has 0 atom stereocenters. The Morgan fingerprint density at radius 3 is 2.75 bits per heavy atom. The van der Waals surface area contributed by atoms with Crippen LogP contribution in [0.15, 0.2) is 5.70 Å². The third kappa shape index (κ3) is 0.735. The van der Waals surface area contributed by atoms with Crippen molar-refractivity contribution in [3.8, 4) is 0 Å². The molecular formula is C5H7NO2. The minimum absolute atomic E-state index is 0.380. The Labute approximate surface area is 47.2 Å². The van der Waals surface area contributed by atoms with E-state index in [1.807, 2.05) is 0 Å². The van der Waals surface area contributed by atoms with E-state index in [0.717, 1.165) is 11.5 Å². The maximum Gasteiger partial charge on any atom is 0.148 e. The van der Waals surface area contributed by atoms with Crippen molar-refractivity contribution in [1.29, 1.82) is 0 Å². The highest BCUT2D eigenvalue weighted by Gasteiger charge is 2.14. The fourth-order valence-corrected chi connectivity index (χ4v) is 0.764. The Bertz CT molecular complexity index is 137. The van der Waals surface area contributed by atoms with Crippen LogP contribution in [-0.2, 0) is 4.79 Å². The van der Waals surface area contributed by atoms with Gasteiger partial charge in [-0.05, 0) is 6.42 Å². The third-order valence-corrected chi connectivity index (χ3v) is 1.21. The van der Waals surface area contributed by atoms with Crippen LogP contribution in [0.3, 0.4) is 0 Å². The Morgan fingerprint density at radius 1 is 1.75 bits per heavy atom. The standard InChI is InChI=1S/C5H7NO2/c7-4-5-2-1-3-6(5)8/h8H,1-3H2. The summed E-state index contributed by atoms with van der Waals surface area (Å²) >= 11 is 0. The van der Waals surface area contributed by atoms with E-state index in [9.17, 15) is 4.79 Å². The molecule has 1 aliphatic heterocycles. The molecular weight excluding hydrogens is 106 g/mol. The van der Waals surface area contributed by atoms with Crippen molar-refractivity contribution in [3.05, 3.63) is 5.70 Å². The quantitative estimate of drug-likeness (QED) is 0.456. The zero-order chi connectivity index (χ0) is 5.98. The second-order valence-corrected chi connectivity index (χ2v) is 1.78. The van der Waals surface area contributed by atoms with E-state index in [2.05, 4.69) is 0 Å². The lowest BCUT2D eigenvalue weighted by atomic mass is 10.3. The van der Waals surface area contributed by atoms with Gasteiger partial charge in [-0.1, -0.05) is 0 Å². The Morgan fingerprint density at radius 2 is 2.50 bits per heavy atom. The summed E-state index contributed by atoms with van der Waals surface area (Å²) in [6, 6.07) is 0. The van der Waals surface area contributed by atoms with E-state index >= 15 is 0 Å². The summed E-state index contributed by atoms with van der Waals surface area (Å²) in [5, 5.41) is 9.67. The predicted molar refractivity (Wildman–Crippen MR) is 26.9 cm³/mol. The lowest BCUT2D eigenvalue weighted by Gasteiger charge is -2.03. The van der Waals surface area contributed by atoms with Crippen molar-refractivity contribution in [2.45, 2.75) is 12.8 Å². The lowest BCUT2D eigenvalue weighted by molar-refractivity contribution is -0.0375. The van der Waals surface area contributed by atoms with Gasteiger partial charge >= 0.3 is 0 Å². The largest absolute Gasteiger partial charge is 0.288 e. The molecule has 3 heteroatoms. The van der Waals surface area contributed by atoms with Gasteiger partial charge < -0.3 is 0 Å². The van der Waals surface area contributed by atoms with Crippen molar-refractivity contribution in [2.24, 2.45) is 0 Å². The topological polar surface area (TPSA) is 40.5 Å². The van der Waals surface area contributed by atoms with Gasteiger partial charge in [0.25, 0.3) is 0 Å². The van der Waals surface area contributed by atoms with Crippen LogP contribution in [0.4, 0.5) is 0 Å². The van der Waals surface area contributed by atoms with Crippen LogP contribution in [0.2, 0.25) is 0 Å². The first-order valence-electron chi connectivity index (χ1n) is 2.55. The van der Waals surface area contributed by atoms with E-state index in [4.69, 9.17) is 5.21 Å². The summed E-state index contributed by atoms with van der Waals surface area (Å²) in [5.41, 5.74) is 0.380. The summed E-state index contributed by atoms with van der Waals surface area (Å²) in [4.78, 5) is 9.85. The van der Waals surface area contributed by atoms with Gasteiger partial charge in [0.2, 0.25) is 0 Å². The molecule has 0 bridgehead atoms. The van der Waals surface area contributed by atoms with Crippen LogP contribution in [0.1, 0.15) is 12.8 Å². The molecule has 8 heavy (non-hydrogen) atoms. The summed E-state index contributed by atoms with van der Waals surface area (Å²) < 4.78 is 0. The molecule has 3 nitrogen and oxygen atoms in total. The van der Waals surface area contributed by atoms with Gasteiger partial charge in [0.1, 0.15) is 11.6 Å². The van der Waals surface area contributed by atoms with Crippen LogP contribution in [0, 0.1) is 0 Å². The van der Waals surface area contributed by atoms with Gasteiger partial charge in [0.05, 0.1) is 0 Å². The zero-order valence-corrected chi connectivity index (χ0v) is 4.42. The highest BCUT2D eigenvalue weighted by molar-refractivity contribution is 5.51. The number of nitrogens with zero attached hydrogens (tertiary/aromatic N) is 1. The molecule has 0 radical (unpaired) electrons. The Hall–Kier alpha value is -0.790. The monoisotopic (exact) mass is 113 g/mol. The van der Waals surface area contributed by atoms with E-state index in [1.54, 1.807) is 5.94 Å². The number of allylic oxidation sites excluding steroid dienone is 1. The van der Waals surface area contributed by atoms with Gasteiger partial charge in [-0.2, -0.15) is 0 Å². The molecule has 1 heterocycles. The molecule has 0 unspecified atom stereocenters. The average Bonchev–Trinajstić information content (AvgIpc) is 2.14. The molecule has 0 aliphatic carbocycles. The number of hydrogen-bond donors (Lipinski definition) is 1. The predicted octanol–water partition coefficient (Wildman–Crippen LogP) is 0.187. The SMILES string of the molecule is O=C=C1CCCN1O. The zero-order valence-electron chi connectivity index (χ0n) is 4.42. The maximum atomic E-state index is 9.85. The third-order valence-electron chi connectivity index (χ3n) is 1.21. The lowest BCUT2D eigenvalue weighted by Crippen LogP contribution is -2.11. The highest BCUT2D eigenvalue weighted by atomic mass is 16.5. The molecule has 0 aromatic carbocycles. The summed E-state index contributed by atoms with van der Waals surface area (Å²) in [6.45, 7) is 0.574. The fourth-order valence-electron chi connectivity index (χ4n) is 0.764. The molecule has 0 amide bonds. The molecule has 0 saturated carbocycles. The van der Waals surface area contributed by atoms with Gasteiger partial charge in [-0.3, -0.25) is 10.3 Å². The average molecular weight is 113 g/mol. The first-order chi connectivity index (χ1) is 3.84. The Kier molecular flexibility index (Phi) is 1.33. The second-order valence-electron chi connectivity index (χ2n) is 1.78. The van der Waals surface area contributed by atoms with Crippen molar-refractivity contribution >= 4 is 5.94 Å². The first-order valence-corrected chi connectivity index (χ1v) is 2.55. The molecule has 1 aliphatic rings. The van der Waals surface area contributed by atoms with Crippen molar-refractivity contribution in [2.75, 3.05) is 6.54 Å². The minimum atomic E-state index is 0.380. The number of carbonyl (C=O) groups excluding carboxylic acids is 1. The number of hydroxylamine groups is 2. The molecule has 1 rings (SSSR count). The Balaban J connectivity index is 2.68. The highest BCUT2D eigenvalue weighted by Crippen LogP contribution is 2.14. The second kappa shape index (κ2) is 1.99. The van der Waals surface area contributed by atoms with Gasteiger partial charge in [0.15, 0.2) is 0 Å². The summed E-state index contributed by atoms with van der Waals surface area (Å²) in [7, 11) is 0.